The molecule has 0 aliphatic carbocycles. The van der Waals surface area contributed by atoms with Gasteiger partial charge in [-0.3, -0.25) is 19.1 Å². The third kappa shape index (κ3) is 7.81. The van der Waals surface area contributed by atoms with Gasteiger partial charge in [0.05, 0.1) is 12.1 Å². The van der Waals surface area contributed by atoms with Gasteiger partial charge in [-0.2, -0.15) is 5.10 Å². The number of aliphatic carboxylic acids is 1. The Kier molecular flexibility index (Phi) is 9.97. The van der Waals surface area contributed by atoms with E-state index in [0.29, 0.717) is 18.8 Å². The number of para-hydroxylation sites is 1. The van der Waals surface area contributed by atoms with E-state index in [1.54, 1.807) is 17.0 Å². The van der Waals surface area contributed by atoms with Crippen molar-refractivity contribution in [3.8, 4) is 0 Å². The lowest BCUT2D eigenvalue weighted by atomic mass is 9.91. The minimum Gasteiger partial charge on any atom is -0.480 e. The van der Waals surface area contributed by atoms with Gasteiger partial charge in [-0.1, -0.05) is 48.0 Å². The van der Waals surface area contributed by atoms with Crippen molar-refractivity contribution in [2.75, 3.05) is 23.7 Å². The van der Waals surface area contributed by atoms with Gasteiger partial charge in [0.1, 0.15) is 11.7 Å². The van der Waals surface area contributed by atoms with Gasteiger partial charge in [-0.15, -0.1) is 0 Å². The minimum absolute atomic E-state index is 0.0303. The molecular formula is C34H37N7O5S. The number of anilines is 2. The van der Waals surface area contributed by atoms with Crippen LogP contribution >= 0.6 is 11.9 Å². The highest BCUT2D eigenvalue weighted by Gasteiger charge is 2.38. The molecular weight excluding hydrogens is 618 g/mol. The highest BCUT2D eigenvalue weighted by Crippen LogP contribution is 2.32. The molecule has 0 bridgehead atoms. The first-order valence-electron chi connectivity index (χ1n) is 15.1. The van der Waals surface area contributed by atoms with Gasteiger partial charge in [0, 0.05) is 35.4 Å². The standard InChI is InChI=1S/C34H37N7O5S/c1-21-9-15-25(16-10-21)47-39-28(32(44)45)20-35-30(42)27-19-29-31(43)40(17-18-41(29)38-27)34(3,4)23-11-13-24(14-12-23)36-33(46)37-26-8-6-5-7-22(26)2/h5-16,19,28,39H,17-18,20H2,1-4H3,(H,35,42)(H,44,45)(H2,36,37,46). The van der Waals surface area contributed by atoms with E-state index in [2.05, 4.69) is 25.8 Å². The molecule has 0 spiro atoms. The van der Waals surface area contributed by atoms with Crippen molar-refractivity contribution in [1.82, 2.24) is 24.7 Å². The molecule has 1 unspecified atom stereocenters. The first-order valence-corrected chi connectivity index (χ1v) is 15.9. The number of aryl methyl sites for hydroxylation is 2. The number of nitrogens with zero attached hydrogens (tertiary/aromatic N) is 3. The number of carboxylic acid groups (broad SMARTS) is 1. The van der Waals surface area contributed by atoms with Gasteiger partial charge in [-0.05, 0) is 81.1 Å². The van der Waals surface area contributed by atoms with Crippen molar-refractivity contribution in [3.05, 3.63) is 107 Å². The average Bonchev–Trinajstić information content (AvgIpc) is 3.49. The van der Waals surface area contributed by atoms with Crippen LogP contribution in [0.25, 0.3) is 0 Å². The van der Waals surface area contributed by atoms with Crippen LogP contribution in [0.1, 0.15) is 51.5 Å². The van der Waals surface area contributed by atoms with Crippen molar-refractivity contribution in [2.24, 2.45) is 0 Å². The zero-order chi connectivity index (χ0) is 33.7. The van der Waals surface area contributed by atoms with Gasteiger partial charge >= 0.3 is 12.0 Å². The van der Waals surface area contributed by atoms with Gasteiger partial charge in [-0.25, -0.2) is 9.52 Å². The number of rotatable bonds is 11. The predicted octanol–water partition coefficient (Wildman–Crippen LogP) is 5.01. The Morgan fingerprint density at radius 1 is 0.957 bits per heavy atom. The van der Waals surface area contributed by atoms with Crippen LogP contribution in [-0.4, -0.2) is 62.7 Å². The molecule has 1 aliphatic heterocycles. The second kappa shape index (κ2) is 14.1. The molecule has 4 amide bonds. The van der Waals surface area contributed by atoms with Crippen LogP contribution in [0.4, 0.5) is 16.2 Å². The van der Waals surface area contributed by atoms with Crippen molar-refractivity contribution >= 4 is 47.1 Å². The molecule has 4 aromatic rings. The third-order valence-electron chi connectivity index (χ3n) is 8.03. The monoisotopic (exact) mass is 655 g/mol. The Bertz CT molecular complexity index is 1790. The average molecular weight is 656 g/mol. The molecule has 0 saturated heterocycles. The molecule has 12 nitrogen and oxygen atoms in total. The maximum absolute atomic E-state index is 13.7. The number of benzene rings is 3. The summed E-state index contributed by atoms with van der Waals surface area (Å²) in [6, 6.07) is 22.4. The first kappa shape index (κ1) is 33.2. The number of carbonyl (C=O) groups excluding carboxylic acids is 3. The lowest BCUT2D eigenvalue weighted by Gasteiger charge is -2.41. The molecule has 0 saturated carbocycles. The maximum atomic E-state index is 13.7. The van der Waals surface area contributed by atoms with Gasteiger partial charge in [0.2, 0.25) is 0 Å². The number of aromatic nitrogens is 2. The van der Waals surface area contributed by atoms with Crippen LogP contribution in [0.3, 0.4) is 0 Å². The van der Waals surface area contributed by atoms with Crippen molar-refractivity contribution in [1.29, 1.82) is 0 Å². The molecule has 1 aromatic heterocycles. The number of amides is 4. The fourth-order valence-corrected chi connectivity index (χ4v) is 5.90. The molecule has 1 atom stereocenters. The van der Waals surface area contributed by atoms with E-state index in [1.165, 1.54) is 22.7 Å². The minimum atomic E-state index is -1.11. The van der Waals surface area contributed by atoms with Gasteiger partial charge < -0.3 is 26.0 Å². The molecule has 1 aliphatic rings. The topological polar surface area (TPSA) is 158 Å². The summed E-state index contributed by atoms with van der Waals surface area (Å²) in [5.41, 5.74) is 3.81. The number of fused-ring (bicyclic) bond motifs is 1. The summed E-state index contributed by atoms with van der Waals surface area (Å²) in [6.45, 7) is 8.31. The van der Waals surface area contributed by atoms with Crippen molar-refractivity contribution in [2.45, 2.75) is 50.7 Å². The fraction of sp³-hybridized carbons (Fsp3) is 0.265. The Balaban J connectivity index is 1.19. The number of carboxylic acids is 1. The van der Waals surface area contributed by atoms with Gasteiger partial charge in [0.15, 0.2) is 5.69 Å². The Hall–Kier alpha value is -5.14. The zero-order valence-corrected chi connectivity index (χ0v) is 27.4. The van der Waals surface area contributed by atoms with Crippen LogP contribution in [0.2, 0.25) is 0 Å². The lowest BCUT2D eigenvalue weighted by molar-refractivity contribution is -0.138. The summed E-state index contributed by atoms with van der Waals surface area (Å²) in [7, 11) is 0. The van der Waals surface area contributed by atoms with E-state index >= 15 is 0 Å². The molecule has 244 valence electrons. The third-order valence-corrected chi connectivity index (χ3v) is 8.94. The van der Waals surface area contributed by atoms with Crippen LogP contribution in [0.5, 0.6) is 0 Å². The first-order chi connectivity index (χ1) is 22.4. The number of carbonyl (C=O) groups is 4. The quantitative estimate of drug-likeness (QED) is 0.141. The zero-order valence-electron chi connectivity index (χ0n) is 26.5. The second-order valence-corrected chi connectivity index (χ2v) is 12.7. The van der Waals surface area contributed by atoms with Crippen LogP contribution in [-0.2, 0) is 16.9 Å². The SMILES string of the molecule is Cc1ccc(SNC(CNC(=O)c2cc3n(n2)CCN(C(C)(C)c2ccc(NC(=O)Nc4ccccc4C)cc2)C3=O)C(=O)O)cc1. The normalized spacial score (nSPS) is 13.4. The number of urea groups is 1. The molecule has 0 radical (unpaired) electrons. The smallest absolute Gasteiger partial charge is 0.323 e. The summed E-state index contributed by atoms with van der Waals surface area (Å²) >= 11 is 1.17. The summed E-state index contributed by atoms with van der Waals surface area (Å²) in [6.07, 6.45) is 0. The van der Waals surface area contributed by atoms with E-state index in [-0.39, 0.29) is 29.9 Å². The van der Waals surface area contributed by atoms with Gasteiger partial charge in [0.25, 0.3) is 11.8 Å². The molecule has 3 aromatic carbocycles. The molecule has 47 heavy (non-hydrogen) atoms. The Labute approximate surface area is 277 Å². The lowest BCUT2D eigenvalue weighted by Crippen LogP contribution is -2.50. The molecule has 2 heterocycles. The predicted molar refractivity (Wildman–Crippen MR) is 180 cm³/mol. The number of hydrogen-bond donors (Lipinski definition) is 5. The van der Waals surface area contributed by atoms with Crippen LogP contribution < -0.4 is 20.7 Å². The largest absolute Gasteiger partial charge is 0.480 e. The summed E-state index contributed by atoms with van der Waals surface area (Å²) in [5.74, 6) is -1.97. The highest BCUT2D eigenvalue weighted by atomic mass is 32.2. The highest BCUT2D eigenvalue weighted by molar-refractivity contribution is 7.97. The molecule has 0 fully saturated rings. The summed E-state index contributed by atoms with van der Waals surface area (Å²) < 4.78 is 4.38. The van der Waals surface area contributed by atoms with E-state index < -0.39 is 23.5 Å². The van der Waals surface area contributed by atoms with E-state index in [9.17, 15) is 24.3 Å². The van der Waals surface area contributed by atoms with Crippen LogP contribution in [0.15, 0.2) is 83.8 Å². The molecule has 5 N–H and O–H groups in total. The number of hydrogen-bond acceptors (Lipinski definition) is 7. The summed E-state index contributed by atoms with van der Waals surface area (Å²) in [5, 5.41) is 22.3. The molecule has 13 heteroatoms. The van der Waals surface area contributed by atoms with E-state index in [4.69, 9.17) is 0 Å². The van der Waals surface area contributed by atoms with Crippen LogP contribution in [0, 0.1) is 13.8 Å². The van der Waals surface area contributed by atoms with E-state index in [0.717, 1.165) is 27.3 Å². The second-order valence-electron chi connectivity index (χ2n) is 11.8. The maximum Gasteiger partial charge on any atom is 0.323 e. The van der Waals surface area contributed by atoms with Crippen molar-refractivity contribution < 1.29 is 24.3 Å². The van der Waals surface area contributed by atoms with Crippen molar-refractivity contribution in [3.63, 3.8) is 0 Å². The summed E-state index contributed by atoms with van der Waals surface area (Å²) in [4.78, 5) is 53.5. The molecule has 5 rings (SSSR count). The number of nitrogens with one attached hydrogen (secondary N) is 4. The van der Waals surface area contributed by atoms with E-state index in [1.807, 2.05) is 88.4 Å². The Morgan fingerprint density at radius 2 is 1.66 bits per heavy atom. The fourth-order valence-electron chi connectivity index (χ4n) is 5.16. The Morgan fingerprint density at radius 3 is 2.34 bits per heavy atom.